The Bertz CT molecular complexity index is 840. The number of para-hydroxylation sites is 1. The van der Waals surface area contributed by atoms with Crippen LogP contribution < -0.4 is 4.74 Å². The van der Waals surface area contributed by atoms with Gasteiger partial charge < -0.3 is 18.8 Å². The van der Waals surface area contributed by atoms with Gasteiger partial charge in [-0.2, -0.15) is 0 Å². The van der Waals surface area contributed by atoms with Gasteiger partial charge in [0.1, 0.15) is 5.82 Å². The van der Waals surface area contributed by atoms with Gasteiger partial charge in [0, 0.05) is 17.8 Å². The number of nitrogens with zero attached hydrogens (tertiary/aromatic N) is 3. The number of benzene rings is 1. The molecule has 1 saturated heterocycles. The van der Waals surface area contributed by atoms with Crippen molar-refractivity contribution in [2.45, 2.75) is 12.6 Å². The van der Waals surface area contributed by atoms with Gasteiger partial charge in [-0.25, -0.2) is 9.97 Å². The van der Waals surface area contributed by atoms with Crippen molar-refractivity contribution in [2.24, 2.45) is 0 Å². The lowest BCUT2D eigenvalue weighted by atomic mass is 10.1. The Balaban J connectivity index is 1.73. The molecule has 0 radical (unpaired) electrons. The van der Waals surface area contributed by atoms with Crippen LogP contribution in [0.2, 0.25) is 0 Å². The van der Waals surface area contributed by atoms with E-state index in [0.717, 1.165) is 22.3 Å². The van der Waals surface area contributed by atoms with Crippen LogP contribution in [0.15, 0.2) is 42.7 Å². The van der Waals surface area contributed by atoms with Crippen molar-refractivity contribution in [1.29, 1.82) is 0 Å². The number of hydrogen-bond donors (Lipinski definition) is 0. The minimum Gasteiger partial charge on any atom is -0.480 e. The topological polar surface area (TPSA) is 58.4 Å². The van der Waals surface area contributed by atoms with Gasteiger partial charge in [0.2, 0.25) is 5.88 Å². The van der Waals surface area contributed by atoms with Crippen LogP contribution in [-0.4, -0.2) is 47.6 Å². The molecule has 1 fully saturated rings. The summed E-state index contributed by atoms with van der Waals surface area (Å²) < 4.78 is 18.8. The standard InChI is InChI=1S/C18H19N3O3/c1-22-18-15(10-13-4-2-3-5-16(13)20-18)17-19-6-7-21(17)11-14-12-23-8-9-24-14/h2-7,10,14H,8-9,11-12H2,1H3/t14-/m0/s1. The Labute approximate surface area is 140 Å². The number of rotatable bonds is 4. The molecule has 6 heteroatoms. The highest BCUT2D eigenvalue weighted by atomic mass is 16.6. The highest BCUT2D eigenvalue weighted by Gasteiger charge is 2.19. The summed E-state index contributed by atoms with van der Waals surface area (Å²) in [6, 6.07) is 10.0. The summed E-state index contributed by atoms with van der Waals surface area (Å²) in [6.07, 6.45) is 3.77. The number of hydrogen-bond acceptors (Lipinski definition) is 5. The zero-order chi connectivity index (χ0) is 16.4. The molecule has 0 aliphatic carbocycles. The second-order valence-electron chi connectivity index (χ2n) is 5.71. The van der Waals surface area contributed by atoms with E-state index < -0.39 is 0 Å². The summed E-state index contributed by atoms with van der Waals surface area (Å²) in [5.74, 6) is 1.39. The molecule has 1 aliphatic rings. The van der Waals surface area contributed by atoms with Crippen LogP contribution in [0.25, 0.3) is 22.3 Å². The van der Waals surface area contributed by atoms with Crippen molar-refractivity contribution in [1.82, 2.24) is 14.5 Å². The Morgan fingerprint density at radius 2 is 2.21 bits per heavy atom. The molecule has 2 aromatic heterocycles. The summed E-state index contributed by atoms with van der Waals surface area (Å²) in [7, 11) is 1.63. The first-order valence-electron chi connectivity index (χ1n) is 8.00. The van der Waals surface area contributed by atoms with Gasteiger partial charge in [0.15, 0.2) is 0 Å². The van der Waals surface area contributed by atoms with Gasteiger partial charge in [-0.3, -0.25) is 0 Å². The minimum absolute atomic E-state index is 0.0334. The molecule has 0 amide bonds. The van der Waals surface area contributed by atoms with Gasteiger partial charge in [0.25, 0.3) is 0 Å². The summed E-state index contributed by atoms with van der Waals surface area (Å²) in [5.41, 5.74) is 1.78. The first-order valence-corrected chi connectivity index (χ1v) is 8.00. The van der Waals surface area contributed by atoms with Gasteiger partial charge >= 0.3 is 0 Å². The molecule has 4 rings (SSSR count). The second kappa shape index (κ2) is 6.59. The Kier molecular flexibility index (Phi) is 4.15. The van der Waals surface area contributed by atoms with Crippen LogP contribution in [-0.2, 0) is 16.0 Å². The molecule has 24 heavy (non-hydrogen) atoms. The summed E-state index contributed by atoms with van der Waals surface area (Å²) in [6.45, 7) is 2.58. The lowest BCUT2D eigenvalue weighted by molar-refractivity contribution is -0.0934. The van der Waals surface area contributed by atoms with Crippen LogP contribution in [0, 0.1) is 0 Å². The molecular weight excluding hydrogens is 306 g/mol. The van der Waals surface area contributed by atoms with Crippen LogP contribution >= 0.6 is 0 Å². The van der Waals surface area contributed by atoms with E-state index in [1.807, 2.05) is 30.5 Å². The fourth-order valence-electron chi connectivity index (χ4n) is 2.98. The first-order chi connectivity index (χ1) is 11.8. The number of ether oxygens (including phenoxy) is 3. The van der Waals surface area contributed by atoms with Crippen LogP contribution in [0.1, 0.15) is 0 Å². The van der Waals surface area contributed by atoms with Crippen LogP contribution in [0.5, 0.6) is 5.88 Å². The predicted octanol–water partition coefficient (Wildman–Crippen LogP) is 2.52. The normalized spacial score (nSPS) is 18.0. The van der Waals surface area contributed by atoms with Crippen LogP contribution in [0.4, 0.5) is 0 Å². The molecule has 6 nitrogen and oxygen atoms in total. The van der Waals surface area contributed by atoms with Gasteiger partial charge in [0.05, 0.1) is 50.7 Å². The maximum Gasteiger partial charge on any atom is 0.224 e. The molecule has 0 unspecified atom stereocenters. The number of aromatic nitrogens is 3. The quantitative estimate of drug-likeness (QED) is 0.738. The lowest BCUT2D eigenvalue weighted by Gasteiger charge is -2.24. The number of pyridine rings is 1. The maximum absolute atomic E-state index is 5.75. The molecule has 1 aliphatic heterocycles. The van der Waals surface area contributed by atoms with E-state index >= 15 is 0 Å². The SMILES string of the molecule is COc1nc2ccccc2cc1-c1nccn1C[C@H]1COCCO1. The number of imidazole rings is 1. The van der Waals surface area contributed by atoms with Crippen molar-refractivity contribution in [3.8, 4) is 17.3 Å². The average Bonchev–Trinajstić information content (AvgIpc) is 3.09. The van der Waals surface area contributed by atoms with E-state index in [1.165, 1.54) is 0 Å². The first kappa shape index (κ1) is 15.1. The van der Waals surface area contributed by atoms with Gasteiger partial charge in [-0.1, -0.05) is 18.2 Å². The molecule has 0 bridgehead atoms. The number of methoxy groups -OCH3 is 1. The Morgan fingerprint density at radius 1 is 1.29 bits per heavy atom. The van der Waals surface area contributed by atoms with Crippen molar-refractivity contribution in [2.75, 3.05) is 26.9 Å². The van der Waals surface area contributed by atoms with Gasteiger partial charge in [-0.05, 0) is 12.1 Å². The van der Waals surface area contributed by atoms with E-state index in [-0.39, 0.29) is 6.10 Å². The van der Waals surface area contributed by atoms with Crippen molar-refractivity contribution >= 4 is 10.9 Å². The summed E-state index contributed by atoms with van der Waals surface area (Å²) in [5, 5.41) is 1.06. The Morgan fingerprint density at radius 3 is 3.04 bits per heavy atom. The molecule has 0 saturated carbocycles. The van der Waals surface area contributed by atoms with Crippen LogP contribution in [0.3, 0.4) is 0 Å². The molecule has 1 atom stereocenters. The molecule has 3 heterocycles. The van der Waals surface area contributed by atoms with E-state index in [4.69, 9.17) is 14.2 Å². The average molecular weight is 325 g/mol. The summed E-state index contributed by atoms with van der Waals surface area (Å²) in [4.78, 5) is 9.12. The zero-order valence-electron chi connectivity index (χ0n) is 13.5. The van der Waals surface area contributed by atoms with Crippen molar-refractivity contribution in [3.05, 3.63) is 42.7 Å². The smallest absolute Gasteiger partial charge is 0.224 e. The molecule has 3 aromatic rings. The molecule has 0 spiro atoms. The molecular formula is C18H19N3O3. The Hall–Kier alpha value is -2.44. The second-order valence-corrected chi connectivity index (χ2v) is 5.71. The minimum atomic E-state index is 0.0334. The van der Waals surface area contributed by atoms with E-state index in [0.29, 0.717) is 32.2 Å². The zero-order valence-corrected chi connectivity index (χ0v) is 13.5. The fraction of sp³-hybridized carbons (Fsp3) is 0.333. The molecule has 124 valence electrons. The third-order valence-corrected chi connectivity index (χ3v) is 4.12. The molecule has 0 N–H and O–H groups in total. The predicted molar refractivity (Wildman–Crippen MR) is 90.1 cm³/mol. The largest absolute Gasteiger partial charge is 0.480 e. The van der Waals surface area contributed by atoms with Gasteiger partial charge in [-0.15, -0.1) is 0 Å². The van der Waals surface area contributed by atoms with E-state index in [1.54, 1.807) is 13.3 Å². The maximum atomic E-state index is 5.75. The highest BCUT2D eigenvalue weighted by molar-refractivity contribution is 5.84. The third kappa shape index (κ3) is 2.86. The lowest BCUT2D eigenvalue weighted by Crippen LogP contribution is -2.32. The monoisotopic (exact) mass is 325 g/mol. The number of fused-ring (bicyclic) bond motifs is 1. The highest BCUT2D eigenvalue weighted by Crippen LogP contribution is 2.30. The fourth-order valence-corrected chi connectivity index (χ4v) is 2.98. The van der Waals surface area contributed by atoms with Crippen molar-refractivity contribution in [3.63, 3.8) is 0 Å². The van der Waals surface area contributed by atoms with Crippen molar-refractivity contribution < 1.29 is 14.2 Å². The molecule has 1 aromatic carbocycles. The van der Waals surface area contributed by atoms with E-state index in [9.17, 15) is 0 Å². The van der Waals surface area contributed by atoms with E-state index in [2.05, 4.69) is 20.6 Å². The third-order valence-electron chi connectivity index (χ3n) is 4.12. The summed E-state index contributed by atoms with van der Waals surface area (Å²) >= 11 is 0.